The van der Waals surface area contributed by atoms with Gasteiger partial charge >= 0.3 is 0 Å². The number of hydrogen-bond donors (Lipinski definition) is 1. The summed E-state index contributed by atoms with van der Waals surface area (Å²) in [5, 5.41) is 5.37. The van der Waals surface area contributed by atoms with E-state index in [1.165, 1.54) is 11.3 Å². The zero-order valence-corrected chi connectivity index (χ0v) is 11.4. The molecule has 0 radical (unpaired) electrons. The van der Waals surface area contributed by atoms with Crippen molar-refractivity contribution in [2.24, 2.45) is 0 Å². The lowest BCUT2D eigenvalue weighted by atomic mass is 9.97. The molecule has 94 valence electrons. The number of nitrogens with zero attached hydrogens (tertiary/aromatic N) is 3. The van der Waals surface area contributed by atoms with Crippen LogP contribution in [0.3, 0.4) is 0 Å². The summed E-state index contributed by atoms with van der Waals surface area (Å²) < 4.78 is 0. The molecule has 0 spiro atoms. The van der Waals surface area contributed by atoms with Crippen LogP contribution < -0.4 is 5.32 Å². The first-order chi connectivity index (χ1) is 8.75. The van der Waals surface area contributed by atoms with Crippen LogP contribution in [0, 0.1) is 0 Å². The molecule has 1 aliphatic rings. The minimum absolute atomic E-state index is 0.428. The van der Waals surface area contributed by atoms with Crippen LogP contribution in [-0.4, -0.2) is 21.5 Å². The summed E-state index contributed by atoms with van der Waals surface area (Å²) in [6, 6.07) is 0. The van der Waals surface area contributed by atoms with Gasteiger partial charge in [0.15, 0.2) is 5.82 Å². The van der Waals surface area contributed by atoms with Gasteiger partial charge in [0.1, 0.15) is 5.69 Å². The lowest BCUT2D eigenvalue weighted by Gasteiger charge is -2.21. The lowest BCUT2D eigenvalue weighted by molar-refractivity contribution is 0.609. The molecule has 0 aliphatic carbocycles. The van der Waals surface area contributed by atoms with Gasteiger partial charge in [0.25, 0.3) is 0 Å². The molecule has 0 fully saturated rings. The Hall–Kier alpha value is -1.33. The first kappa shape index (κ1) is 11.7. The molecule has 1 aliphatic heterocycles. The Morgan fingerprint density at radius 2 is 2.22 bits per heavy atom. The molecular formula is C13H16N4S. The highest BCUT2D eigenvalue weighted by Gasteiger charge is 2.20. The van der Waals surface area contributed by atoms with Crippen molar-refractivity contribution in [3.63, 3.8) is 0 Å². The van der Waals surface area contributed by atoms with Crippen LogP contribution in [0.15, 0.2) is 10.9 Å². The van der Waals surface area contributed by atoms with Gasteiger partial charge in [-0.3, -0.25) is 0 Å². The highest BCUT2D eigenvalue weighted by molar-refractivity contribution is 7.07. The molecule has 4 nitrogen and oxygen atoms in total. The molecule has 2 aromatic heterocycles. The van der Waals surface area contributed by atoms with E-state index in [9.17, 15) is 0 Å². The Balaban J connectivity index is 2.15. The fourth-order valence-electron chi connectivity index (χ4n) is 2.30. The van der Waals surface area contributed by atoms with Gasteiger partial charge in [-0.2, -0.15) is 0 Å². The molecular weight excluding hydrogens is 244 g/mol. The molecule has 0 atom stereocenters. The van der Waals surface area contributed by atoms with Crippen LogP contribution in [0.25, 0.3) is 11.5 Å². The van der Waals surface area contributed by atoms with Crippen LogP contribution in [0.4, 0.5) is 0 Å². The number of hydrogen-bond acceptors (Lipinski definition) is 5. The van der Waals surface area contributed by atoms with Gasteiger partial charge in [0.2, 0.25) is 0 Å². The summed E-state index contributed by atoms with van der Waals surface area (Å²) >= 11 is 1.58. The van der Waals surface area contributed by atoms with Crippen molar-refractivity contribution >= 4 is 11.3 Å². The average molecular weight is 260 g/mol. The van der Waals surface area contributed by atoms with Crippen LogP contribution >= 0.6 is 11.3 Å². The quantitative estimate of drug-likeness (QED) is 0.900. The number of rotatable bonds is 2. The van der Waals surface area contributed by atoms with Gasteiger partial charge in [-0.25, -0.2) is 15.0 Å². The summed E-state index contributed by atoms with van der Waals surface area (Å²) in [5.74, 6) is 1.19. The van der Waals surface area contributed by atoms with E-state index in [0.29, 0.717) is 5.92 Å². The Morgan fingerprint density at radius 3 is 2.94 bits per heavy atom. The smallest absolute Gasteiger partial charge is 0.179 e. The maximum absolute atomic E-state index is 4.73. The predicted molar refractivity (Wildman–Crippen MR) is 72.6 cm³/mol. The normalized spacial score (nSPS) is 14.8. The standard InChI is InChI=1S/C13H16N4S/c1-8(2)12-9-3-4-14-5-10(9)16-13(17-12)11-6-18-7-15-11/h6-8,14H,3-5H2,1-2H3. The van der Waals surface area contributed by atoms with E-state index in [1.807, 2.05) is 10.9 Å². The van der Waals surface area contributed by atoms with Gasteiger partial charge in [-0.1, -0.05) is 13.8 Å². The van der Waals surface area contributed by atoms with Crippen molar-refractivity contribution < 1.29 is 0 Å². The van der Waals surface area contributed by atoms with Gasteiger partial charge in [0, 0.05) is 11.9 Å². The SMILES string of the molecule is CC(C)c1nc(-c2cscn2)nc2c1CCNC2. The number of nitrogens with one attached hydrogen (secondary N) is 1. The zero-order valence-electron chi connectivity index (χ0n) is 10.6. The minimum atomic E-state index is 0.428. The van der Waals surface area contributed by atoms with Crippen molar-refractivity contribution in [1.82, 2.24) is 20.3 Å². The third kappa shape index (κ3) is 2.04. The summed E-state index contributed by atoms with van der Waals surface area (Å²) in [7, 11) is 0. The molecule has 0 saturated heterocycles. The summed E-state index contributed by atoms with van der Waals surface area (Å²) in [4.78, 5) is 13.7. The number of fused-ring (bicyclic) bond motifs is 1. The van der Waals surface area contributed by atoms with Crippen LogP contribution in [0.5, 0.6) is 0 Å². The van der Waals surface area contributed by atoms with Crippen molar-refractivity contribution in [3.05, 3.63) is 27.8 Å². The third-order valence-corrected chi connectivity index (χ3v) is 3.76. The van der Waals surface area contributed by atoms with Crippen molar-refractivity contribution in [1.29, 1.82) is 0 Å². The van der Waals surface area contributed by atoms with Crippen LogP contribution in [0.1, 0.15) is 36.7 Å². The van der Waals surface area contributed by atoms with Gasteiger partial charge in [0.05, 0.1) is 16.9 Å². The molecule has 0 bridgehead atoms. The van der Waals surface area contributed by atoms with Gasteiger partial charge < -0.3 is 5.32 Å². The number of thiazole rings is 1. The monoisotopic (exact) mass is 260 g/mol. The Kier molecular flexibility index (Phi) is 3.09. The van der Waals surface area contributed by atoms with Crippen LogP contribution in [-0.2, 0) is 13.0 Å². The zero-order chi connectivity index (χ0) is 12.5. The van der Waals surface area contributed by atoms with E-state index < -0.39 is 0 Å². The van der Waals surface area contributed by atoms with E-state index in [-0.39, 0.29) is 0 Å². The third-order valence-electron chi connectivity index (χ3n) is 3.18. The Labute approximate surface area is 111 Å². The summed E-state index contributed by atoms with van der Waals surface area (Å²) in [6.45, 7) is 6.24. The van der Waals surface area contributed by atoms with E-state index in [2.05, 4.69) is 29.1 Å². The predicted octanol–water partition coefficient (Wildman–Crippen LogP) is 2.37. The van der Waals surface area contributed by atoms with Crippen LogP contribution in [0.2, 0.25) is 0 Å². The topological polar surface area (TPSA) is 50.7 Å². The number of aromatic nitrogens is 3. The van der Waals surface area contributed by atoms with Gasteiger partial charge in [-0.05, 0) is 24.4 Å². The maximum atomic E-state index is 4.73. The first-order valence-electron chi connectivity index (χ1n) is 6.24. The molecule has 0 unspecified atom stereocenters. The molecule has 0 saturated carbocycles. The van der Waals surface area contributed by atoms with E-state index in [0.717, 1.165) is 36.7 Å². The fraction of sp³-hybridized carbons (Fsp3) is 0.462. The van der Waals surface area contributed by atoms with Gasteiger partial charge in [-0.15, -0.1) is 11.3 Å². The summed E-state index contributed by atoms with van der Waals surface area (Å²) in [5.41, 5.74) is 6.37. The highest BCUT2D eigenvalue weighted by Crippen LogP contribution is 2.25. The molecule has 0 aromatic carbocycles. The molecule has 3 rings (SSSR count). The Morgan fingerprint density at radius 1 is 1.33 bits per heavy atom. The second-order valence-electron chi connectivity index (χ2n) is 4.81. The van der Waals surface area contributed by atoms with Crippen molar-refractivity contribution in [2.75, 3.05) is 6.54 Å². The molecule has 1 N–H and O–H groups in total. The minimum Gasteiger partial charge on any atom is -0.311 e. The average Bonchev–Trinajstić information content (AvgIpc) is 2.91. The van der Waals surface area contributed by atoms with E-state index in [4.69, 9.17) is 4.98 Å². The second-order valence-corrected chi connectivity index (χ2v) is 5.53. The molecule has 18 heavy (non-hydrogen) atoms. The first-order valence-corrected chi connectivity index (χ1v) is 7.19. The Bertz CT molecular complexity index is 548. The largest absolute Gasteiger partial charge is 0.311 e. The lowest BCUT2D eigenvalue weighted by Crippen LogP contribution is -2.27. The van der Waals surface area contributed by atoms with Crippen molar-refractivity contribution in [2.45, 2.75) is 32.7 Å². The van der Waals surface area contributed by atoms with E-state index in [1.54, 1.807) is 11.3 Å². The fourth-order valence-corrected chi connectivity index (χ4v) is 2.83. The molecule has 5 heteroatoms. The van der Waals surface area contributed by atoms with E-state index >= 15 is 0 Å². The maximum Gasteiger partial charge on any atom is 0.179 e. The molecule has 3 heterocycles. The molecule has 2 aromatic rings. The highest BCUT2D eigenvalue weighted by atomic mass is 32.1. The molecule has 0 amide bonds. The van der Waals surface area contributed by atoms with Crippen molar-refractivity contribution in [3.8, 4) is 11.5 Å². The second kappa shape index (κ2) is 4.74. The summed E-state index contributed by atoms with van der Waals surface area (Å²) in [6.07, 6.45) is 1.03.